The third-order valence-electron chi connectivity index (χ3n) is 3.71. The molecule has 1 heterocycles. The smallest absolute Gasteiger partial charge is 0.253 e. The van der Waals surface area contributed by atoms with Gasteiger partial charge in [0.05, 0.1) is 29.8 Å². The summed E-state index contributed by atoms with van der Waals surface area (Å²) in [4.78, 5) is 26.1. The Morgan fingerprint density at radius 1 is 1.42 bits per heavy atom. The maximum atomic E-state index is 12.3. The molecule has 0 aromatic heterocycles. The van der Waals surface area contributed by atoms with Crippen LogP contribution in [0.25, 0.3) is 0 Å². The van der Waals surface area contributed by atoms with Crippen molar-refractivity contribution in [3.8, 4) is 0 Å². The second kappa shape index (κ2) is 9.22. The molecule has 1 N–H and O–H groups in total. The molecule has 1 atom stereocenters. The van der Waals surface area contributed by atoms with E-state index in [0.29, 0.717) is 31.3 Å². The molecule has 1 aromatic carbocycles. The van der Waals surface area contributed by atoms with Crippen LogP contribution in [-0.2, 0) is 14.3 Å². The Kier molecular flexibility index (Phi) is 7.30. The zero-order valence-electron chi connectivity index (χ0n) is 13.4. The Morgan fingerprint density at radius 2 is 2.21 bits per heavy atom. The molecule has 24 heavy (non-hydrogen) atoms. The van der Waals surface area contributed by atoms with Gasteiger partial charge in [0.25, 0.3) is 5.91 Å². The van der Waals surface area contributed by atoms with Gasteiger partial charge in [-0.25, -0.2) is 0 Å². The molecule has 0 saturated carbocycles. The lowest BCUT2D eigenvalue weighted by molar-refractivity contribution is -0.138. The van der Waals surface area contributed by atoms with Crippen molar-refractivity contribution in [3.63, 3.8) is 0 Å². The Bertz CT molecular complexity index is 597. The van der Waals surface area contributed by atoms with E-state index in [1.54, 1.807) is 24.1 Å². The molecule has 0 spiro atoms. The number of halogens is 2. The van der Waals surface area contributed by atoms with Crippen LogP contribution in [0.4, 0.5) is 0 Å². The van der Waals surface area contributed by atoms with Crippen LogP contribution in [0.1, 0.15) is 16.8 Å². The van der Waals surface area contributed by atoms with E-state index >= 15 is 0 Å². The van der Waals surface area contributed by atoms with E-state index in [1.165, 1.54) is 6.07 Å². The van der Waals surface area contributed by atoms with Crippen molar-refractivity contribution in [3.05, 3.63) is 33.8 Å². The monoisotopic (exact) mass is 374 g/mol. The number of rotatable bonds is 6. The van der Waals surface area contributed by atoms with Crippen LogP contribution >= 0.6 is 23.2 Å². The predicted octanol–water partition coefficient (Wildman–Crippen LogP) is 1.99. The summed E-state index contributed by atoms with van der Waals surface area (Å²) in [7, 11) is 1.63. The average molecular weight is 375 g/mol. The minimum absolute atomic E-state index is 0.0410. The van der Waals surface area contributed by atoms with Gasteiger partial charge in [-0.15, -0.1) is 0 Å². The molecular weight excluding hydrogens is 355 g/mol. The number of benzene rings is 1. The summed E-state index contributed by atoms with van der Waals surface area (Å²) in [6, 6.07) is 4.61. The zero-order valence-corrected chi connectivity index (χ0v) is 14.9. The largest absolute Gasteiger partial charge is 0.385 e. The number of nitrogens with zero attached hydrogens (tertiary/aromatic N) is 1. The number of amides is 2. The molecule has 0 bridgehead atoms. The lowest BCUT2D eigenvalue weighted by atomic mass is 10.2. The van der Waals surface area contributed by atoms with Gasteiger partial charge in [0, 0.05) is 31.8 Å². The third kappa shape index (κ3) is 5.34. The van der Waals surface area contributed by atoms with E-state index in [1.807, 2.05) is 0 Å². The van der Waals surface area contributed by atoms with Crippen LogP contribution in [0.3, 0.4) is 0 Å². The topological polar surface area (TPSA) is 67.9 Å². The normalized spacial score (nSPS) is 17.6. The first kappa shape index (κ1) is 19.0. The molecule has 1 aliphatic rings. The fourth-order valence-electron chi connectivity index (χ4n) is 2.40. The number of carbonyl (C=O) groups is 2. The highest BCUT2D eigenvalue weighted by Gasteiger charge is 2.24. The Morgan fingerprint density at radius 3 is 2.96 bits per heavy atom. The lowest BCUT2D eigenvalue weighted by Crippen LogP contribution is -2.49. The quantitative estimate of drug-likeness (QED) is 0.826. The highest BCUT2D eigenvalue weighted by Crippen LogP contribution is 2.20. The van der Waals surface area contributed by atoms with Crippen molar-refractivity contribution in [2.75, 3.05) is 40.0 Å². The molecule has 6 nitrogen and oxygen atoms in total. The minimum Gasteiger partial charge on any atom is -0.385 e. The fraction of sp³-hybridized carbons (Fsp3) is 0.500. The SMILES string of the molecule is COCCC1CN(C(=O)CNC(=O)c2cc(Cl)ccc2Cl)CCO1. The van der Waals surface area contributed by atoms with Crippen molar-refractivity contribution in [2.24, 2.45) is 0 Å². The summed E-state index contributed by atoms with van der Waals surface area (Å²) < 4.78 is 10.6. The van der Waals surface area contributed by atoms with Gasteiger partial charge in [0.15, 0.2) is 0 Å². The summed E-state index contributed by atoms with van der Waals surface area (Å²) >= 11 is 11.8. The highest BCUT2D eigenvalue weighted by molar-refractivity contribution is 6.35. The molecule has 0 aliphatic carbocycles. The van der Waals surface area contributed by atoms with Gasteiger partial charge >= 0.3 is 0 Å². The highest BCUT2D eigenvalue weighted by atomic mass is 35.5. The maximum Gasteiger partial charge on any atom is 0.253 e. The lowest BCUT2D eigenvalue weighted by Gasteiger charge is -2.33. The van der Waals surface area contributed by atoms with Crippen LogP contribution in [-0.4, -0.2) is 62.8 Å². The Balaban J connectivity index is 1.86. The molecule has 0 radical (unpaired) electrons. The number of ether oxygens (including phenoxy) is 2. The van der Waals surface area contributed by atoms with Gasteiger partial charge in [-0.1, -0.05) is 23.2 Å². The summed E-state index contributed by atoms with van der Waals surface area (Å²) in [5.74, 6) is -0.591. The number of nitrogens with one attached hydrogen (secondary N) is 1. The van der Waals surface area contributed by atoms with Gasteiger partial charge in [0.2, 0.25) is 5.91 Å². The van der Waals surface area contributed by atoms with E-state index in [9.17, 15) is 9.59 Å². The van der Waals surface area contributed by atoms with Gasteiger partial charge in [-0.2, -0.15) is 0 Å². The molecular formula is C16H20Cl2N2O4. The van der Waals surface area contributed by atoms with Gasteiger partial charge in [-0.3, -0.25) is 9.59 Å². The predicted molar refractivity (Wildman–Crippen MR) is 91.6 cm³/mol. The molecule has 2 amide bonds. The molecule has 1 saturated heterocycles. The average Bonchev–Trinajstić information content (AvgIpc) is 2.59. The summed E-state index contributed by atoms with van der Waals surface area (Å²) in [6.07, 6.45) is 0.686. The number of carbonyl (C=O) groups excluding carboxylic acids is 2. The number of morpholine rings is 1. The van der Waals surface area contributed by atoms with Crippen LogP contribution < -0.4 is 5.32 Å². The minimum atomic E-state index is -0.431. The first-order valence-electron chi connectivity index (χ1n) is 7.63. The van der Waals surface area contributed by atoms with Crippen LogP contribution in [0, 0.1) is 0 Å². The first-order chi connectivity index (χ1) is 11.5. The van der Waals surface area contributed by atoms with E-state index in [4.69, 9.17) is 32.7 Å². The van der Waals surface area contributed by atoms with E-state index in [0.717, 1.165) is 6.42 Å². The second-order valence-electron chi connectivity index (χ2n) is 5.42. The van der Waals surface area contributed by atoms with Crippen LogP contribution in [0.2, 0.25) is 10.0 Å². The molecule has 1 aliphatic heterocycles. The molecule has 1 aromatic rings. The van der Waals surface area contributed by atoms with Crippen LogP contribution in [0.15, 0.2) is 18.2 Å². The molecule has 1 fully saturated rings. The second-order valence-corrected chi connectivity index (χ2v) is 6.26. The summed E-state index contributed by atoms with van der Waals surface area (Å²) in [6.45, 7) is 1.97. The third-order valence-corrected chi connectivity index (χ3v) is 4.27. The van der Waals surface area contributed by atoms with Gasteiger partial charge in [-0.05, 0) is 24.6 Å². The molecule has 132 valence electrons. The van der Waals surface area contributed by atoms with Crippen molar-refractivity contribution in [1.82, 2.24) is 10.2 Å². The zero-order chi connectivity index (χ0) is 17.5. The molecule has 1 unspecified atom stereocenters. The number of hydrogen-bond donors (Lipinski definition) is 1. The van der Waals surface area contributed by atoms with Crippen molar-refractivity contribution < 1.29 is 19.1 Å². The van der Waals surface area contributed by atoms with E-state index in [2.05, 4.69) is 5.32 Å². The standard InChI is InChI=1S/C16H20Cl2N2O4/c1-23-6-4-12-10-20(5-7-24-12)15(21)9-19-16(22)13-8-11(17)2-3-14(13)18/h2-3,8,12H,4-7,9-10H2,1H3,(H,19,22). The van der Waals surface area contributed by atoms with Gasteiger partial charge in [0.1, 0.15) is 0 Å². The van der Waals surface area contributed by atoms with Crippen LogP contribution in [0.5, 0.6) is 0 Å². The Labute approximate surface area is 151 Å². The van der Waals surface area contributed by atoms with Crippen molar-refractivity contribution in [1.29, 1.82) is 0 Å². The number of hydrogen-bond acceptors (Lipinski definition) is 4. The summed E-state index contributed by atoms with van der Waals surface area (Å²) in [5, 5.41) is 3.28. The van der Waals surface area contributed by atoms with Crippen molar-refractivity contribution in [2.45, 2.75) is 12.5 Å². The Hall–Kier alpha value is -1.34. The molecule has 2 rings (SSSR count). The van der Waals surface area contributed by atoms with Gasteiger partial charge < -0.3 is 19.7 Å². The number of methoxy groups -OCH3 is 1. The van der Waals surface area contributed by atoms with E-state index in [-0.39, 0.29) is 29.1 Å². The van der Waals surface area contributed by atoms with E-state index < -0.39 is 5.91 Å². The fourth-order valence-corrected chi connectivity index (χ4v) is 2.78. The summed E-state index contributed by atoms with van der Waals surface area (Å²) in [5.41, 5.74) is 0.247. The molecule has 8 heteroatoms. The first-order valence-corrected chi connectivity index (χ1v) is 8.38. The maximum absolute atomic E-state index is 12.3. The van der Waals surface area contributed by atoms with Crippen molar-refractivity contribution >= 4 is 35.0 Å².